The summed E-state index contributed by atoms with van der Waals surface area (Å²) in [6.07, 6.45) is 1.47. The number of aliphatic hydroxyl groups excluding tert-OH is 1. The van der Waals surface area contributed by atoms with E-state index < -0.39 is 10.0 Å². The van der Waals surface area contributed by atoms with Crippen LogP contribution in [-0.4, -0.2) is 69.2 Å². The lowest BCUT2D eigenvalue weighted by Gasteiger charge is -2.29. The molecule has 0 unspecified atom stereocenters. The molecule has 1 saturated heterocycles. The van der Waals surface area contributed by atoms with Crippen LogP contribution in [0.2, 0.25) is 0 Å². The molecule has 7 heteroatoms. The Morgan fingerprint density at radius 3 is 2.36 bits per heavy atom. The number of hydrogen-bond acceptors (Lipinski definition) is 5. The number of hydrogen-bond donors (Lipinski definition) is 1. The summed E-state index contributed by atoms with van der Waals surface area (Å²) in [6.45, 7) is 3.15. The SMILES string of the molecule is CN(C)S(=O)(=O)c1ccc(OCCN2CCC(O)CC2)cc1. The van der Waals surface area contributed by atoms with Gasteiger partial charge in [-0.15, -0.1) is 0 Å². The molecule has 124 valence electrons. The standard InChI is InChI=1S/C15H24N2O4S/c1-16(2)22(19,20)15-5-3-14(4-6-15)21-12-11-17-9-7-13(18)8-10-17/h3-6,13,18H,7-12H2,1-2H3. The summed E-state index contributed by atoms with van der Waals surface area (Å²) in [4.78, 5) is 2.52. The molecular formula is C15H24N2O4S. The molecule has 1 heterocycles. The average molecular weight is 328 g/mol. The molecule has 0 radical (unpaired) electrons. The highest BCUT2D eigenvalue weighted by atomic mass is 32.2. The summed E-state index contributed by atoms with van der Waals surface area (Å²) < 4.78 is 30.7. The molecule has 1 aliphatic heterocycles. The van der Waals surface area contributed by atoms with E-state index in [1.165, 1.54) is 18.4 Å². The Morgan fingerprint density at radius 1 is 1.23 bits per heavy atom. The molecule has 1 aliphatic rings. The lowest BCUT2D eigenvalue weighted by molar-refractivity contribution is 0.0755. The van der Waals surface area contributed by atoms with Crippen molar-refractivity contribution in [2.45, 2.75) is 23.8 Å². The van der Waals surface area contributed by atoms with E-state index in [1.54, 1.807) is 24.3 Å². The van der Waals surface area contributed by atoms with Gasteiger partial charge in [0.05, 0.1) is 11.0 Å². The molecule has 0 amide bonds. The van der Waals surface area contributed by atoms with Gasteiger partial charge in [-0.25, -0.2) is 12.7 Å². The molecule has 0 bridgehead atoms. The highest BCUT2D eigenvalue weighted by Crippen LogP contribution is 2.18. The van der Waals surface area contributed by atoms with Crippen LogP contribution in [-0.2, 0) is 10.0 Å². The smallest absolute Gasteiger partial charge is 0.242 e. The van der Waals surface area contributed by atoms with Crippen molar-refractivity contribution in [3.05, 3.63) is 24.3 Å². The predicted octanol–water partition coefficient (Wildman–Crippen LogP) is 0.772. The summed E-state index contributed by atoms with van der Waals surface area (Å²) in [5.74, 6) is 0.662. The van der Waals surface area contributed by atoms with Crippen LogP contribution in [0.4, 0.5) is 0 Å². The fourth-order valence-electron chi connectivity index (χ4n) is 2.35. The van der Waals surface area contributed by atoms with Gasteiger partial charge in [0.2, 0.25) is 10.0 Å². The van der Waals surface area contributed by atoms with Crippen molar-refractivity contribution in [1.82, 2.24) is 9.21 Å². The van der Waals surface area contributed by atoms with E-state index in [2.05, 4.69) is 4.90 Å². The number of likely N-dealkylation sites (tertiary alicyclic amines) is 1. The maximum atomic E-state index is 11.9. The fraction of sp³-hybridized carbons (Fsp3) is 0.600. The zero-order valence-electron chi connectivity index (χ0n) is 13.1. The van der Waals surface area contributed by atoms with Crippen LogP contribution in [0.25, 0.3) is 0 Å². The molecule has 0 aromatic heterocycles. The van der Waals surface area contributed by atoms with Gasteiger partial charge in [-0.3, -0.25) is 4.90 Å². The highest BCUT2D eigenvalue weighted by molar-refractivity contribution is 7.89. The molecule has 6 nitrogen and oxygen atoms in total. The number of aliphatic hydroxyl groups is 1. The normalized spacial score (nSPS) is 17.8. The van der Waals surface area contributed by atoms with E-state index in [0.29, 0.717) is 12.4 Å². The van der Waals surface area contributed by atoms with Gasteiger partial charge in [0.15, 0.2) is 0 Å². The minimum atomic E-state index is -3.39. The van der Waals surface area contributed by atoms with Crippen molar-refractivity contribution < 1.29 is 18.3 Å². The molecular weight excluding hydrogens is 304 g/mol. The molecule has 1 aromatic carbocycles. The van der Waals surface area contributed by atoms with Crippen LogP contribution < -0.4 is 4.74 Å². The van der Waals surface area contributed by atoms with Crippen LogP contribution in [0.5, 0.6) is 5.75 Å². The first-order valence-electron chi connectivity index (χ1n) is 7.45. The van der Waals surface area contributed by atoms with Crippen LogP contribution in [0.1, 0.15) is 12.8 Å². The number of benzene rings is 1. The number of sulfonamides is 1. The average Bonchev–Trinajstić information content (AvgIpc) is 2.49. The Morgan fingerprint density at radius 2 is 1.82 bits per heavy atom. The lowest BCUT2D eigenvalue weighted by atomic mass is 10.1. The van der Waals surface area contributed by atoms with Gasteiger partial charge in [-0.1, -0.05) is 0 Å². The summed E-state index contributed by atoms with van der Waals surface area (Å²) >= 11 is 0. The summed E-state index contributed by atoms with van der Waals surface area (Å²) in [5.41, 5.74) is 0. The van der Waals surface area contributed by atoms with Crippen molar-refractivity contribution in [2.24, 2.45) is 0 Å². The molecule has 0 atom stereocenters. The zero-order chi connectivity index (χ0) is 16.2. The number of rotatable bonds is 6. The maximum absolute atomic E-state index is 11.9. The summed E-state index contributed by atoms with van der Waals surface area (Å²) in [6, 6.07) is 6.47. The van der Waals surface area contributed by atoms with E-state index in [0.717, 1.165) is 32.5 Å². The van der Waals surface area contributed by atoms with Gasteiger partial charge >= 0.3 is 0 Å². The van der Waals surface area contributed by atoms with Crippen molar-refractivity contribution in [3.8, 4) is 5.75 Å². The first-order chi connectivity index (χ1) is 10.4. The predicted molar refractivity (Wildman–Crippen MR) is 84.5 cm³/mol. The third-order valence-electron chi connectivity index (χ3n) is 3.84. The molecule has 1 fully saturated rings. The van der Waals surface area contributed by atoms with E-state index in [-0.39, 0.29) is 11.0 Å². The van der Waals surface area contributed by atoms with E-state index in [1.807, 2.05) is 0 Å². The second kappa shape index (κ2) is 7.41. The number of ether oxygens (including phenoxy) is 1. The van der Waals surface area contributed by atoms with Crippen LogP contribution in [0.15, 0.2) is 29.2 Å². The van der Waals surface area contributed by atoms with E-state index >= 15 is 0 Å². The fourth-order valence-corrected chi connectivity index (χ4v) is 3.26. The van der Waals surface area contributed by atoms with Gasteiger partial charge in [-0.2, -0.15) is 0 Å². The Hall–Kier alpha value is -1.15. The molecule has 22 heavy (non-hydrogen) atoms. The lowest BCUT2D eigenvalue weighted by Crippen LogP contribution is -2.38. The topological polar surface area (TPSA) is 70.1 Å². The minimum absolute atomic E-state index is 0.164. The third kappa shape index (κ3) is 4.42. The highest BCUT2D eigenvalue weighted by Gasteiger charge is 2.17. The van der Waals surface area contributed by atoms with Gasteiger partial charge in [0.1, 0.15) is 12.4 Å². The Labute approximate surface area is 132 Å². The first-order valence-corrected chi connectivity index (χ1v) is 8.89. The summed E-state index contributed by atoms with van der Waals surface area (Å²) in [7, 11) is -0.372. The van der Waals surface area contributed by atoms with Gasteiger partial charge < -0.3 is 9.84 Å². The third-order valence-corrected chi connectivity index (χ3v) is 5.66. The quantitative estimate of drug-likeness (QED) is 0.835. The second-order valence-electron chi connectivity index (χ2n) is 5.68. The molecule has 0 spiro atoms. The Balaban J connectivity index is 1.82. The van der Waals surface area contributed by atoms with Crippen molar-refractivity contribution >= 4 is 10.0 Å². The van der Waals surface area contributed by atoms with Crippen LogP contribution in [0.3, 0.4) is 0 Å². The van der Waals surface area contributed by atoms with Crippen molar-refractivity contribution in [1.29, 1.82) is 0 Å². The Bertz CT molecular complexity index is 564. The van der Waals surface area contributed by atoms with E-state index in [4.69, 9.17) is 4.74 Å². The molecule has 2 rings (SSSR count). The van der Waals surface area contributed by atoms with Gasteiger partial charge in [0.25, 0.3) is 0 Å². The minimum Gasteiger partial charge on any atom is -0.492 e. The van der Waals surface area contributed by atoms with Gasteiger partial charge in [-0.05, 0) is 37.1 Å². The molecule has 1 aromatic rings. The monoisotopic (exact) mass is 328 g/mol. The van der Waals surface area contributed by atoms with Crippen molar-refractivity contribution in [3.63, 3.8) is 0 Å². The van der Waals surface area contributed by atoms with Crippen LogP contribution >= 0.6 is 0 Å². The molecule has 1 N–H and O–H groups in total. The second-order valence-corrected chi connectivity index (χ2v) is 7.83. The largest absolute Gasteiger partial charge is 0.492 e. The zero-order valence-corrected chi connectivity index (χ0v) is 13.9. The maximum Gasteiger partial charge on any atom is 0.242 e. The summed E-state index contributed by atoms with van der Waals surface area (Å²) in [5, 5.41) is 9.45. The number of nitrogens with zero attached hydrogens (tertiary/aromatic N) is 2. The number of piperidine rings is 1. The molecule has 0 aliphatic carbocycles. The van der Waals surface area contributed by atoms with Gasteiger partial charge in [0, 0.05) is 33.7 Å². The van der Waals surface area contributed by atoms with E-state index in [9.17, 15) is 13.5 Å². The Kier molecular flexibility index (Phi) is 5.80. The molecule has 0 saturated carbocycles. The first kappa shape index (κ1) is 17.2. The van der Waals surface area contributed by atoms with Crippen LogP contribution in [0, 0.1) is 0 Å². The van der Waals surface area contributed by atoms with Crippen molar-refractivity contribution in [2.75, 3.05) is 40.3 Å².